The predicted molar refractivity (Wildman–Crippen MR) is 212 cm³/mol. The van der Waals surface area contributed by atoms with Gasteiger partial charge in [0.1, 0.15) is 30.2 Å². The van der Waals surface area contributed by atoms with Gasteiger partial charge in [0.2, 0.25) is 41.4 Å². The Morgan fingerprint density at radius 1 is 0.893 bits per heavy atom. The number of aliphatic imine (C=N–C) groups is 1. The highest BCUT2D eigenvalue weighted by Crippen LogP contribution is 2.34. The molecule has 7 amide bonds. The van der Waals surface area contributed by atoms with Crippen molar-refractivity contribution in [2.75, 3.05) is 5.75 Å². The van der Waals surface area contributed by atoms with Crippen molar-refractivity contribution in [3.05, 3.63) is 29.4 Å². The van der Waals surface area contributed by atoms with Gasteiger partial charge in [-0.2, -0.15) is 0 Å². The van der Waals surface area contributed by atoms with E-state index in [1.807, 2.05) is 22.2 Å². The maximum atomic E-state index is 14.0. The lowest BCUT2D eigenvalue weighted by molar-refractivity contribution is -0.134. The highest BCUT2D eigenvalue weighted by atomic mass is 32.2. The molecule has 2 aliphatic rings. The van der Waals surface area contributed by atoms with Gasteiger partial charge in [0.15, 0.2) is 5.78 Å². The van der Waals surface area contributed by atoms with Gasteiger partial charge in [-0.1, -0.05) is 0 Å². The molecule has 0 fully saturated rings. The van der Waals surface area contributed by atoms with Crippen LogP contribution in [-0.4, -0.2) is 99.9 Å². The molecule has 2 aliphatic heterocycles. The summed E-state index contributed by atoms with van der Waals surface area (Å²) < 4.78 is 3.05. The fourth-order valence-electron chi connectivity index (χ4n) is 6.18. The first kappa shape index (κ1) is 43.7. The molecule has 0 aromatic carbocycles. The summed E-state index contributed by atoms with van der Waals surface area (Å²) in [5, 5.41) is 19.3. The fraction of sp³-hybridized carbons (Fsp3) is 0.541. The van der Waals surface area contributed by atoms with Gasteiger partial charge in [-0.15, -0.1) is 23.1 Å². The Labute approximate surface area is 333 Å². The number of aromatic nitrogens is 1. The van der Waals surface area contributed by atoms with Gasteiger partial charge in [0, 0.05) is 62.0 Å². The van der Waals surface area contributed by atoms with Crippen LogP contribution in [0.15, 0.2) is 39.4 Å². The maximum Gasteiger partial charge on any atom is 0.243 e. The summed E-state index contributed by atoms with van der Waals surface area (Å²) in [5.74, 6) is -5.49. The maximum absolute atomic E-state index is 14.0. The van der Waals surface area contributed by atoms with Crippen molar-refractivity contribution in [2.24, 2.45) is 16.6 Å². The normalized spacial score (nSPS) is 25.7. The number of thiophene rings is 1. The van der Waals surface area contributed by atoms with E-state index in [0.717, 1.165) is 20.7 Å². The second kappa shape index (κ2) is 20.2. The van der Waals surface area contributed by atoms with E-state index >= 15 is 0 Å². The van der Waals surface area contributed by atoms with Crippen LogP contribution in [0.25, 0.3) is 10.1 Å². The Kier molecular flexibility index (Phi) is 15.8. The summed E-state index contributed by atoms with van der Waals surface area (Å²) in [5.41, 5.74) is 6.59. The molecule has 19 heteroatoms. The molecule has 17 nitrogen and oxygen atoms in total. The summed E-state index contributed by atoms with van der Waals surface area (Å²) in [6, 6.07) is -4.44. The minimum absolute atomic E-state index is 0.0938. The monoisotopic (exact) mass is 813 g/mol. The zero-order chi connectivity index (χ0) is 41.1. The molecule has 0 bridgehead atoms. The zero-order valence-electron chi connectivity index (χ0n) is 32.1. The van der Waals surface area contributed by atoms with Crippen molar-refractivity contribution < 1.29 is 38.4 Å². The lowest BCUT2D eigenvalue weighted by atomic mass is 9.91. The van der Waals surface area contributed by atoms with Crippen LogP contribution in [0.3, 0.4) is 0 Å². The third-order valence-corrected chi connectivity index (χ3v) is 11.5. The van der Waals surface area contributed by atoms with Crippen LogP contribution < -0.4 is 37.6 Å². The third-order valence-electron chi connectivity index (χ3n) is 9.47. The van der Waals surface area contributed by atoms with Crippen LogP contribution in [-0.2, 0) is 44.9 Å². The van der Waals surface area contributed by atoms with Crippen LogP contribution in [0.2, 0.25) is 0 Å². The van der Waals surface area contributed by atoms with E-state index in [9.17, 15) is 38.4 Å². The SMILES string of the molecule is CC(=O)N[C@H]1CCCCn2cc3sccc3c2SC[C@@H](C(=O)C[C@@H](CC2=CN=CC2)C(N)=O)NC(=O)[C@H](C)NC(=O)[C@H](C)NC(=O)[C@H](C)NC(=O)[C@H](C)NC1=O. The van der Waals surface area contributed by atoms with Gasteiger partial charge in [-0.25, -0.2) is 0 Å². The van der Waals surface area contributed by atoms with E-state index in [2.05, 4.69) is 36.9 Å². The number of aryl methyl sites for hydroxylation is 1. The molecule has 0 spiro atoms. The minimum Gasteiger partial charge on any atom is -0.369 e. The molecule has 4 heterocycles. The van der Waals surface area contributed by atoms with Gasteiger partial charge < -0.3 is 42.2 Å². The summed E-state index contributed by atoms with van der Waals surface area (Å²) in [7, 11) is 0. The number of rotatable bonds is 7. The average Bonchev–Trinajstić information content (AvgIpc) is 3.89. The number of nitrogens with one attached hydrogen (secondary N) is 6. The van der Waals surface area contributed by atoms with E-state index in [1.165, 1.54) is 46.4 Å². The highest BCUT2D eigenvalue weighted by Gasteiger charge is 2.31. The first-order valence-electron chi connectivity index (χ1n) is 18.5. The zero-order valence-corrected chi connectivity index (χ0v) is 33.8. The van der Waals surface area contributed by atoms with Crippen molar-refractivity contribution in [3.63, 3.8) is 0 Å². The number of amides is 7. The number of nitrogens with two attached hydrogens (primary N) is 1. The number of hydrogen-bond donors (Lipinski definition) is 7. The Bertz CT molecular complexity index is 1890. The van der Waals surface area contributed by atoms with E-state index in [0.29, 0.717) is 25.8 Å². The number of carbonyl (C=O) groups is 8. The number of thioether (sulfide) groups is 1. The molecule has 0 unspecified atom stereocenters. The molecule has 304 valence electrons. The van der Waals surface area contributed by atoms with Crippen molar-refractivity contribution in [1.29, 1.82) is 0 Å². The number of allylic oxidation sites excluding steroid dienone is 1. The Morgan fingerprint density at radius 2 is 1.48 bits per heavy atom. The summed E-state index contributed by atoms with van der Waals surface area (Å²) >= 11 is 2.90. The lowest BCUT2D eigenvalue weighted by Gasteiger charge is -2.24. The molecule has 7 atom stereocenters. The van der Waals surface area contributed by atoms with Crippen molar-refractivity contribution in [1.82, 2.24) is 36.5 Å². The quantitative estimate of drug-likeness (QED) is 0.209. The number of ketones is 1. The Balaban J connectivity index is 1.61. The van der Waals surface area contributed by atoms with Crippen LogP contribution in [0.1, 0.15) is 73.1 Å². The van der Waals surface area contributed by atoms with Crippen LogP contribution in [0.5, 0.6) is 0 Å². The first-order valence-corrected chi connectivity index (χ1v) is 20.4. The lowest BCUT2D eigenvalue weighted by Crippen LogP contribution is -2.57. The highest BCUT2D eigenvalue weighted by molar-refractivity contribution is 7.99. The molecule has 8 N–H and O–H groups in total. The number of Topliss-reactive ketones (excluding diaryl/α,β-unsaturated/α-hetero) is 1. The van der Waals surface area contributed by atoms with Crippen LogP contribution >= 0.6 is 23.1 Å². The van der Waals surface area contributed by atoms with Crippen LogP contribution in [0.4, 0.5) is 0 Å². The summed E-state index contributed by atoms with van der Waals surface area (Å²) in [6.45, 7) is 7.52. The van der Waals surface area contributed by atoms with Crippen molar-refractivity contribution in [2.45, 2.75) is 121 Å². The number of nitrogens with zero attached hydrogens (tertiary/aromatic N) is 2. The van der Waals surface area contributed by atoms with Gasteiger partial charge in [-0.05, 0) is 70.4 Å². The molecular weight excluding hydrogens is 763 g/mol. The molecule has 0 radical (unpaired) electrons. The van der Waals surface area contributed by atoms with Gasteiger partial charge >= 0.3 is 0 Å². The van der Waals surface area contributed by atoms with E-state index < -0.39 is 89.3 Å². The number of carbonyl (C=O) groups excluding carboxylic acids is 8. The number of primary amides is 1. The number of hydrogen-bond acceptors (Lipinski definition) is 11. The van der Waals surface area contributed by atoms with E-state index in [-0.39, 0.29) is 25.0 Å². The van der Waals surface area contributed by atoms with E-state index in [4.69, 9.17) is 5.73 Å². The molecule has 0 aliphatic carbocycles. The molecule has 2 aromatic rings. The second-order valence-electron chi connectivity index (χ2n) is 14.2. The van der Waals surface area contributed by atoms with Gasteiger partial charge in [0.05, 0.1) is 15.8 Å². The second-order valence-corrected chi connectivity index (χ2v) is 16.1. The molecule has 56 heavy (non-hydrogen) atoms. The van der Waals surface area contributed by atoms with Gasteiger partial charge in [0.25, 0.3) is 0 Å². The van der Waals surface area contributed by atoms with E-state index in [1.54, 1.807) is 23.8 Å². The summed E-state index contributed by atoms with van der Waals surface area (Å²) in [6.07, 6.45) is 7.32. The molecule has 2 aromatic heterocycles. The molecule has 0 saturated heterocycles. The largest absolute Gasteiger partial charge is 0.369 e. The smallest absolute Gasteiger partial charge is 0.243 e. The first-order chi connectivity index (χ1) is 26.5. The average molecular weight is 814 g/mol. The number of fused-ring (bicyclic) bond motifs is 3. The fourth-order valence-corrected chi connectivity index (χ4v) is 8.31. The standard InChI is InChI=1S/C37H51N9O8S2/c1-19-32(50)40-20(2)33(51)42-22(4)35(53)45-28(29(48)15-25(31(38)49)14-24-9-11-39-16-24)18-56-37-26-10-13-55-30(26)17-46(37)12-7-6-8-27(44-23(5)47)36(54)43-21(3)34(52)41-19/h10-11,13,16-17,19-22,25,27-28H,6-9,12,14-15,18H2,1-5H3,(H2,38,49)(H,40,50)(H,41,52)(H,42,51)(H,43,54)(H,44,47)(H,45,53)/t19-,20-,21-,22-,25+,27-,28-/m0/s1. The molecule has 0 saturated carbocycles. The van der Waals surface area contributed by atoms with Crippen LogP contribution in [0, 0.1) is 5.92 Å². The van der Waals surface area contributed by atoms with Gasteiger partial charge in [-0.3, -0.25) is 43.3 Å². The summed E-state index contributed by atoms with van der Waals surface area (Å²) in [4.78, 5) is 108. The third kappa shape index (κ3) is 12.2. The van der Waals surface area contributed by atoms with Crippen molar-refractivity contribution in [3.8, 4) is 0 Å². The Morgan fingerprint density at radius 3 is 2.04 bits per heavy atom. The topological polar surface area (TPSA) is 252 Å². The molecule has 4 rings (SSSR count). The minimum atomic E-state index is -1.13. The Hall–Kier alpha value is -5.04. The molecular formula is C37H51N9O8S2. The predicted octanol–water partition coefficient (Wildman–Crippen LogP) is 0.796. The van der Waals surface area contributed by atoms with Crippen molar-refractivity contribution >= 4 is 86.5 Å².